The maximum absolute atomic E-state index is 14.6. The second-order valence-electron chi connectivity index (χ2n) is 8.87. The Hall–Kier alpha value is -3.80. The van der Waals surface area contributed by atoms with Crippen molar-refractivity contribution < 1.29 is 48.3 Å². The van der Waals surface area contributed by atoms with Crippen LogP contribution in [0.3, 0.4) is 0 Å². The summed E-state index contributed by atoms with van der Waals surface area (Å²) in [6.07, 6.45) is -11.1. The molecule has 9 nitrogen and oxygen atoms in total. The van der Waals surface area contributed by atoms with E-state index in [4.69, 9.17) is 0 Å². The van der Waals surface area contributed by atoms with Crippen molar-refractivity contribution in [2.24, 2.45) is 0 Å². The molecule has 18 heteroatoms. The van der Waals surface area contributed by atoms with E-state index < -0.39 is 93.3 Å². The number of halogens is 8. The molecule has 1 aliphatic heterocycles. The summed E-state index contributed by atoms with van der Waals surface area (Å²) in [5.41, 5.74) is -1.28. The van der Waals surface area contributed by atoms with Crippen molar-refractivity contribution >= 4 is 15.9 Å². The zero-order valence-corrected chi connectivity index (χ0v) is 21.4. The molecule has 41 heavy (non-hydrogen) atoms. The molecule has 3 atom stereocenters. The van der Waals surface area contributed by atoms with E-state index >= 15 is 0 Å². The minimum Gasteiger partial charge on any atom is -0.349 e. The number of sulfonamides is 1. The lowest BCUT2D eigenvalue weighted by molar-refractivity contribution is -0.145. The first kappa shape index (κ1) is 30.2. The fourth-order valence-corrected chi connectivity index (χ4v) is 5.87. The van der Waals surface area contributed by atoms with E-state index in [-0.39, 0.29) is 5.56 Å². The normalized spacial score (nSPS) is 20.3. The Labute approximate surface area is 226 Å². The second-order valence-corrected chi connectivity index (χ2v) is 10.7. The number of amides is 1. The SMILES string of the molecule is CC1C(F)CC(C(=O)NCc2cc(-c3cnc(C(F)(F)F)nc3)nc(C(F)(F)F)n2)N1S(=O)(=O)c1ccc(F)cc1. The second kappa shape index (κ2) is 10.9. The summed E-state index contributed by atoms with van der Waals surface area (Å²) in [6, 6.07) is 1.62. The van der Waals surface area contributed by atoms with Crippen LogP contribution in [0.25, 0.3) is 11.3 Å². The number of hydrogen-bond donors (Lipinski definition) is 1. The molecule has 1 saturated heterocycles. The van der Waals surface area contributed by atoms with Crippen LogP contribution in [0.2, 0.25) is 0 Å². The Morgan fingerprint density at radius 3 is 2.15 bits per heavy atom. The van der Waals surface area contributed by atoms with E-state index in [9.17, 15) is 48.3 Å². The molecule has 1 N–H and O–H groups in total. The maximum atomic E-state index is 14.6. The highest BCUT2D eigenvalue weighted by Crippen LogP contribution is 2.34. The summed E-state index contributed by atoms with van der Waals surface area (Å²) >= 11 is 0. The van der Waals surface area contributed by atoms with Crippen molar-refractivity contribution in [3.63, 3.8) is 0 Å². The highest BCUT2D eigenvalue weighted by Gasteiger charge is 2.49. The van der Waals surface area contributed by atoms with E-state index in [2.05, 4.69) is 25.3 Å². The van der Waals surface area contributed by atoms with Gasteiger partial charge in [0, 0.05) is 24.4 Å². The Morgan fingerprint density at radius 2 is 1.59 bits per heavy atom. The molecule has 0 saturated carbocycles. The highest BCUT2D eigenvalue weighted by atomic mass is 32.2. The van der Waals surface area contributed by atoms with Gasteiger partial charge in [-0.25, -0.2) is 37.1 Å². The summed E-state index contributed by atoms with van der Waals surface area (Å²) in [5.74, 6) is -5.01. The van der Waals surface area contributed by atoms with E-state index in [0.717, 1.165) is 30.3 Å². The Morgan fingerprint density at radius 1 is 1.00 bits per heavy atom. The third-order valence-electron chi connectivity index (χ3n) is 6.05. The Balaban J connectivity index is 1.60. The lowest BCUT2D eigenvalue weighted by atomic mass is 10.1. The van der Waals surface area contributed by atoms with Crippen molar-refractivity contribution in [1.82, 2.24) is 29.6 Å². The molecule has 3 unspecified atom stereocenters. The number of hydrogen-bond acceptors (Lipinski definition) is 7. The smallest absolute Gasteiger partial charge is 0.349 e. The van der Waals surface area contributed by atoms with Gasteiger partial charge in [-0.3, -0.25) is 4.79 Å². The standard InChI is InChI=1S/C23H18F8N6O3S/c1-11-16(25)7-18(37(11)41(39,40)15-4-2-13(24)3-5-15)19(38)32-10-14-6-17(36-21(35-14)23(29,30)31)12-8-33-20(34-9-12)22(26,27)28/h2-6,8-9,11,16,18H,7,10H2,1H3,(H,32,38). The molecule has 1 aliphatic rings. The molecule has 3 heterocycles. The van der Waals surface area contributed by atoms with Crippen LogP contribution in [-0.2, 0) is 33.7 Å². The van der Waals surface area contributed by atoms with Crippen molar-refractivity contribution in [2.75, 3.05) is 0 Å². The van der Waals surface area contributed by atoms with Crippen LogP contribution >= 0.6 is 0 Å². The van der Waals surface area contributed by atoms with Gasteiger partial charge >= 0.3 is 12.4 Å². The lowest BCUT2D eigenvalue weighted by Crippen LogP contribution is -2.48. The van der Waals surface area contributed by atoms with Gasteiger partial charge in [0.25, 0.3) is 0 Å². The lowest BCUT2D eigenvalue weighted by Gasteiger charge is -2.26. The average Bonchev–Trinajstić information content (AvgIpc) is 3.21. The Kier molecular flexibility index (Phi) is 8.01. The molecular formula is C23H18F8N6O3S. The fraction of sp³-hybridized carbons (Fsp3) is 0.348. The van der Waals surface area contributed by atoms with Crippen LogP contribution in [0.4, 0.5) is 35.1 Å². The summed E-state index contributed by atoms with van der Waals surface area (Å²) in [6.45, 7) is 0.503. The van der Waals surface area contributed by atoms with Gasteiger partial charge in [0.1, 0.15) is 18.0 Å². The van der Waals surface area contributed by atoms with Gasteiger partial charge in [-0.1, -0.05) is 0 Å². The minimum atomic E-state index is -5.09. The molecule has 1 aromatic carbocycles. The number of carbonyl (C=O) groups is 1. The topological polar surface area (TPSA) is 118 Å². The van der Waals surface area contributed by atoms with Crippen LogP contribution in [-0.4, -0.2) is 56.8 Å². The van der Waals surface area contributed by atoms with Crippen LogP contribution in [0.1, 0.15) is 30.7 Å². The van der Waals surface area contributed by atoms with Gasteiger partial charge in [0.05, 0.1) is 28.9 Å². The predicted octanol–water partition coefficient (Wildman–Crippen LogP) is 3.92. The number of nitrogens with one attached hydrogen (secondary N) is 1. The molecule has 1 fully saturated rings. The number of rotatable bonds is 6. The van der Waals surface area contributed by atoms with Crippen molar-refractivity contribution in [2.45, 2.75) is 55.4 Å². The fourth-order valence-electron chi connectivity index (χ4n) is 4.06. The minimum absolute atomic E-state index is 0.320. The molecule has 0 aliphatic carbocycles. The van der Waals surface area contributed by atoms with Crippen LogP contribution in [0, 0.1) is 5.82 Å². The first-order valence-electron chi connectivity index (χ1n) is 11.5. The van der Waals surface area contributed by atoms with Gasteiger partial charge in [-0.2, -0.15) is 30.6 Å². The molecule has 1 amide bonds. The van der Waals surface area contributed by atoms with E-state index in [1.54, 1.807) is 0 Å². The molecule has 0 bridgehead atoms. The zero-order valence-electron chi connectivity index (χ0n) is 20.6. The van der Waals surface area contributed by atoms with Gasteiger partial charge in [-0.15, -0.1) is 0 Å². The number of nitrogens with zero attached hydrogens (tertiary/aromatic N) is 5. The summed E-state index contributed by atoms with van der Waals surface area (Å²) in [7, 11) is -4.50. The maximum Gasteiger partial charge on any atom is 0.451 e. The van der Waals surface area contributed by atoms with E-state index in [1.165, 1.54) is 6.92 Å². The van der Waals surface area contributed by atoms with Crippen molar-refractivity contribution in [3.05, 3.63) is 65.9 Å². The predicted molar refractivity (Wildman–Crippen MR) is 123 cm³/mol. The summed E-state index contributed by atoms with van der Waals surface area (Å²) in [5, 5.41) is 2.22. The average molecular weight is 610 g/mol. The molecule has 220 valence electrons. The van der Waals surface area contributed by atoms with Gasteiger partial charge in [0.15, 0.2) is 0 Å². The zero-order chi connectivity index (χ0) is 30.3. The molecule has 0 radical (unpaired) electrons. The largest absolute Gasteiger partial charge is 0.451 e. The molecule has 3 aromatic rings. The van der Waals surface area contributed by atoms with Crippen LogP contribution in [0.15, 0.2) is 47.6 Å². The van der Waals surface area contributed by atoms with Crippen LogP contribution in [0.5, 0.6) is 0 Å². The number of benzene rings is 1. The number of alkyl halides is 7. The van der Waals surface area contributed by atoms with Gasteiger partial charge in [-0.05, 0) is 37.3 Å². The summed E-state index contributed by atoms with van der Waals surface area (Å²) in [4.78, 5) is 25.4. The van der Waals surface area contributed by atoms with E-state index in [0.29, 0.717) is 16.7 Å². The first-order chi connectivity index (χ1) is 19.0. The van der Waals surface area contributed by atoms with Gasteiger partial charge < -0.3 is 5.32 Å². The summed E-state index contributed by atoms with van der Waals surface area (Å²) < 4.78 is 133. The highest BCUT2D eigenvalue weighted by molar-refractivity contribution is 7.89. The molecular weight excluding hydrogens is 592 g/mol. The first-order valence-corrected chi connectivity index (χ1v) is 13.0. The quantitative estimate of drug-likeness (QED) is 0.421. The molecule has 4 rings (SSSR count). The molecule has 0 spiro atoms. The van der Waals surface area contributed by atoms with Gasteiger partial charge in [0.2, 0.25) is 27.6 Å². The Bertz CT molecular complexity index is 1530. The van der Waals surface area contributed by atoms with Crippen molar-refractivity contribution in [1.29, 1.82) is 0 Å². The van der Waals surface area contributed by atoms with E-state index in [1.807, 2.05) is 0 Å². The number of aromatic nitrogens is 4. The molecule has 2 aromatic heterocycles. The third kappa shape index (κ3) is 6.42. The monoisotopic (exact) mass is 610 g/mol. The van der Waals surface area contributed by atoms with Crippen molar-refractivity contribution in [3.8, 4) is 11.3 Å². The third-order valence-corrected chi connectivity index (χ3v) is 8.06. The van der Waals surface area contributed by atoms with Crippen LogP contribution < -0.4 is 5.32 Å². The number of carbonyl (C=O) groups excluding carboxylic acids is 1.